The van der Waals surface area contributed by atoms with Crippen LogP contribution in [0.2, 0.25) is 5.02 Å². The van der Waals surface area contributed by atoms with Crippen LogP contribution in [0.4, 0.5) is 5.69 Å². The molecule has 1 aromatic carbocycles. The zero-order chi connectivity index (χ0) is 13.0. The molecule has 5 nitrogen and oxygen atoms in total. The predicted octanol–water partition coefficient (Wildman–Crippen LogP) is 1.79. The fourth-order valence-electron chi connectivity index (χ4n) is 1.31. The third kappa shape index (κ3) is 3.35. The molecule has 0 aliphatic carbocycles. The van der Waals surface area contributed by atoms with Crippen LogP contribution in [0.15, 0.2) is 18.2 Å². The molecule has 0 unspecified atom stereocenters. The second-order valence-corrected chi connectivity index (χ2v) is 3.78. The number of carbonyl (C=O) groups is 2. The summed E-state index contributed by atoms with van der Waals surface area (Å²) in [5.41, 5.74) is 0.436. The van der Waals surface area contributed by atoms with Crippen molar-refractivity contribution in [1.29, 1.82) is 0 Å². The van der Waals surface area contributed by atoms with E-state index in [4.69, 9.17) is 21.4 Å². The monoisotopic (exact) mass is 257 g/mol. The lowest BCUT2D eigenvalue weighted by Crippen LogP contribution is -2.28. The molecule has 0 atom stereocenters. The van der Waals surface area contributed by atoms with Crippen molar-refractivity contribution in [1.82, 2.24) is 0 Å². The molecule has 1 amide bonds. The minimum absolute atomic E-state index is 0.436. The highest BCUT2D eigenvalue weighted by Gasteiger charge is 2.18. The number of benzene rings is 1. The average molecular weight is 258 g/mol. The lowest BCUT2D eigenvalue weighted by molar-refractivity contribution is -0.140. The van der Waals surface area contributed by atoms with Crippen molar-refractivity contribution in [3.63, 3.8) is 0 Å². The quantitative estimate of drug-likeness (QED) is 0.835. The molecule has 0 aliphatic rings. The summed E-state index contributed by atoms with van der Waals surface area (Å²) in [6.45, 7) is 0. The van der Waals surface area contributed by atoms with Gasteiger partial charge in [0.05, 0.1) is 12.8 Å². The first-order valence-corrected chi connectivity index (χ1v) is 5.15. The maximum absolute atomic E-state index is 11.6. The van der Waals surface area contributed by atoms with Gasteiger partial charge in [-0.3, -0.25) is 9.59 Å². The first-order valence-electron chi connectivity index (χ1n) is 4.77. The number of rotatable bonds is 4. The maximum Gasteiger partial charge on any atom is 0.312 e. The van der Waals surface area contributed by atoms with E-state index in [1.165, 1.54) is 19.1 Å². The second-order valence-electron chi connectivity index (χ2n) is 3.34. The van der Waals surface area contributed by atoms with Crippen LogP contribution in [0.3, 0.4) is 0 Å². The maximum atomic E-state index is 11.6. The van der Waals surface area contributed by atoms with Gasteiger partial charge in [-0.2, -0.15) is 0 Å². The van der Waals surface area contributed by atoms with Gasteiger partial charge in [0, 0.05) is 12.1 Å². The molecule has 17 heavy (non-hydrogen) atoms. The lowest BCUT2D eigenvalue weighted by atomic mass is 10.2. The molecule has 0 heterocycles. The highest BCUT2D eigenvalue weighted by atomic mass is 35.5. The van der Waals surface area contributed by atoms with Gasteiger partial charge in [0.1, 0.15) is 12.2 Å². The number of anilines is 1. The first kappa shape index (κ1) is 13.3. The van der Waals surface area contributed by atoms with Crippen LogP contribution in [0.25, 0.3) is 0 Å². The number of carboxylic acid groups (broad SMARTS) is 1. The number of amides is 1. The van der Waals surface area contributed by atoms with Crippen LogP contribution < -0.4 is 9.64 Å². The predicted molar refractivity (Wildman–Crippen MR) is 63.7 cm³/mol. The fourth-order valence-corrected chi connectivity index (χ4v) is 1.47. The van der Waals surface area contributed by atoms with Gasteiger partial charge in [0.2, 0.25) is 5.91 Å². The van der Waals surface area contributed by atoms with E-state index in [0.717, 1.165) is 0 Å². The number of carboxylic acids is 1. The Kier molecular flexibility index (Phi) is 4.34. The summed E-state index contributed by atoms with van der Waals surface area (Å²) in [4.78, 5) is 23.2. The Labute approximate surface area is 104 Å². The van der Waals surface area contributed by atoms with E-state index >= 15 is 0 Å². The molecule has 0 saturated heterocycles. The molecule has 6 heteroatoms. The average Bonchev–Trinajstić information content (AvgIpc) is 2.27. The number of halogens is 1. The van der Waals surface area contributed by atoms with Gasteiger partial charge in [0.15, 0.2) is 0 Å². The molecular weight excluding hydrogens is 246 g/mol. The van der Waals surface area contributed by atoms with E-state index in [2.05, 4.69) is 0 Å². The summed E-state index contributed by atoms with van der Waals surface area (Å²) >= 11 is 5.82. The van der Waals surface area contributed by atoms with Crippen molar-refractivity contribution in [3.05, 3.63) is 23.2 Å². The van der Waals surface area contributed by atoms with E-state index in [0.29, 0.717) is 16.5 Å². The Bertz CT molecular complexity index is 447. The molecule has 92 valence electrons. The van der Waals surface area contributed by atoms with Crippen LogP contribution >= 0.6 is 11.6 Å². The number of methoxy groups -OCH3 is 1. The van der Waals surface area contributed by atoms with Crippen LogP contribution in [0, 0.1) is 0 Å². The molecule has 1 aromatic rings. The SMILES string of the molecule is COc1ccc(Cl)cc1N(C)C(=O)CC(=O)O. The Hall–Kier alpha value is -1.75. The molecular formula is C11H12ClNO4. The van der Waals surface area contributed by atoms with E-state index in [-0.39, 0.29) is 0 Å². The zero-order valence-corrected chi connectivity index (χ0v) is 10.2. The molecule has 1 N–H and O–H groups in total. The molecule has 1 rings (SSSR count). The summed E-state index contributed by atoms with van der Waals surface area (Å²) in [5.74, 6) is -1.27. The van der Waals surface area contributed by atoms with Crippen molar-refractivity contribution in [2.45, 2.75) is 6.42 Å². The summed E-state index contributed by atoms with van der Waals surface area (Å²) in [6.07, 6.45) is -0.577. The largest absolute Gasteiger partial charge is 0.495 e. The Morgan fingerprint density at radius 2 is 2.12 bits per heavy atom. The number of carbonyl (C=O) groups excluding carboxylic acids is 1. The van der Waals surface area contributed by atoms with E-state index in [9.17, 15) is 9.59 Å². The molecule has 0 aliphatic heterocycles. The highest BCUT2D eigenvalue weighted by molar-refractivity contribution is 6.31. The lowest BCUT2D eigenvalue weighted by Gasteiger charge is -2.19. The van der Waals surface area contributed by atoms with Crippen molar-refractivity contribution >= 4 is 29.2 Å². The van der Waals surface area contributed by atoms with Crippen molar-refractivity contribution in [2.24, 2.45) is 0 Å². The third-order valence-electron chi connectivity index (χ3n) is 2.18. The highest BCUT2D eigenvalue weighted by Crippen LogP contribution is 2.30. The minimum atomic E-state index is -1.18. The summed E-state index contributed by atoms with van der Waals surface area (Å²) < 4.78 is 5.08. The van der Waals surface area contributed by atoms with Gasteiger partial charge in [0.25, 0.3) is 0 Å². The summed E-state index contributed by atoms with van der Waals surface area (Å²) in [5, 5.41) is 9.00. The zero-order valence-electron chi connectivity index (χ0n) is 9.44. The Morgan fingerprint density at radius 3 is 2.65 bits per heavy atom. The standard InChI is InChI=1S/C11H12ClNO4/c1-13(10(14)6-11(15)16)8-5-7(12)3-4-9(8)17-2/h3-5H,6H2,1-2H3,(H,15,16). The smallest absolute Gasteiger partial charge is 0.312 e. The molecule has 0 saturated carbocycles. The molecule has 0 radical (unpaired) electrons. The van der Waals surface area contributed by atoms with Crippen molar-refractivity contribution in [3.8, 4) is 5.75 Å². The third-order valence-corrected chi connectivity index (χ3v) is 2.41. The number of ether oxygens (including phenoxy) is 1. The van der Waals surface area contributed by atoms with E-state index in [1.54, 1.807) is 18.2 Å². The fraction of sp³-hybridized carbons (Fsp3) is 0.273. The van der Waals surface area contributed by atoms with Crippen molar-refractivity contribution in [2.75, 3.05) is 19.1 Å². The van der Waals surface area contributed by atoms with Gasteiger partial charge in [-0.25, -0.2) is 0 Å². The number of aliphatic carboxylic acids is 1. The van der Waals surface area contributed by atoms with Gasteiger partial charge >= 0.3 is 5.97 Å². The van der Waals surface area contributed by atoms with Crippen LogP contribution in [0.5, 0.6) is 5.75 Å². The van der Waals surface area contributed by atoms with Gasteiger partial charge < -0.3 is 14.7 Å². The number of hydrogen-bond donors (Lipinski definition) is 1. The van der Waals surface area contributed by atoms with Gasteiger partial charge in [-0.15, -0.1) is 0 Å². The Balaban J connectivity index is 3.01. The molecule has 0 aromatic heterocycles. The van der Waals surface area contributed by atoms with E-state index < -0.39 is 18.3 Å². The van der Waals surface area contributed by atoms with E-state index in [1.807, 2.05) is 0 Å². The second kappa shape index (κ2) is 5.54. The summed E-state index contributed by atoms with van der Waals surface area (Å²) in [7, 11) is 2.93. The molecule has 0 bridgehead atoms. The first-order chi connectivity index (χ1) is 7.95. The molecule has 0 spiro atoms. The van der Waals surface area contributed by atoms with Gasteiger partial charge in [-0.1, -0.05) is 11.6 Å². The topological polar surface area (TPSA) is 66.8 Å². The van der Waals surface area contributed by atoms with Gasteiger partial charge in [-0.05, 0) is 18.2 Å². The Morgan fingerprint density at radius 1 is 1.47 bits per heavy atom. The van der Waals surface area contributed by atoms with Crippen LogP contribution in [0.1, 0.15) is 6.42 Å². The minimum Gasteiger partial charge on any atom is -0.495 e. The number of hydrogen-bond acceptors (Lipinski definition) is 3. The van der Waals surface area contributed by atoms with Crippen LogP contribution in [-0.2, 0) is 9.59 Å². The van der Waals surface area contributed by atoms with Crippen molar-refractivity contribution < 1.29 is 19.4 Å². The van der Waals surface area contributed by atoms with Crippen LogP contribution in [-0.4, -0.2) is 31.1 Å². The summed E-state index contributed by atoms with van der Waals surface area (Å²) in [6, 6.07) is 4.78. The molecule has 0 fully saturated rings. The number of nitrogens with zero attached hydrogens (tertiary/aromatic N) is 1. The normalized spacial score (nSPS) is 9.82.